The van der Waals surface area contributed by atoms with Crippen molar-refractivity contribution in [1.29, 1.82) is 0 Å². The van der Waals surface area contributed by atoms with Crippen LogP contribution < -0.4 is 11.1 Å². The molecule has 6 N–H and O–H groups in total. The van der Waals surface area contributed by atoms with E-state index in [1.807, 2.05) is 30.3 Å². The van der Waals surface area contributed by atoms with Crippen LogP contribution in [0.2, 0.25) is 6.32 Å². The molecule has 0 aliphatic rings. The van der Waals surface area contributed by atoms with Crippen LogP contribution in [0.15, 0.2) is 30.3 Å². The van der Waals surface area contributed by atoms with E-state index in [0.29, 0.717) is 19.4 Å². The monoisotopic (exact) mass is 294 g/mol. The normalized spacial score (nSPS) is 13.7. The van der Waals surface area contributed by atoms with Gasteiger partial charge in [0, 0.05) is 13.1 Å². The number of carbonyl (C=O) groups is 1. The molecule has 1 aromatic rings. The summed E-state index contributed by atoms with van der Waals surface area (Å²) in [7, 11) is -1.35. The topological polar surface area (TPSA) is 116 Å². The van der Waals surface area contributed by atoms with Gasteiger partial charge in [-0.25, -0.2) is 0 Å². The highest BCUT2D eigenvalue weighted by Crippen LogP contribution is 2.13. The van der Waals surface area contributed by atoms with Crippen LogP contribution in [0.5, 0.6) is 0 Å². The van der Waals surface area contributed by atoms with Crippen LogP contribution >= 0.6 is 0 Å². The van der Waals surface area contributed by atoms with E-state index in [-0.39, 0.29) is 19.3 Å². The summed E-state index contributed by atoms with van der Waals surface area (Å²) in [5.41, 5.74) is 5.66. The molecular formula is C14H23BN2O4. The Morgan fingerprint density at radius 2 is 1.90 bits per heavy atom. The smallest absolute Gasteiger partial charge is 0.451 e. The van der Waals surface area contributed by atoms with Gasteiger partial charge in [-0.2, -0.15) is 0 Å². The summed E-state index contributed by atoms with van der Waals surface area (Å²) in [5, 5.41) is 29.9. The van der Waals surface area contributed by atoms with E-state index < -0.39 is 18.6 Å². The minimum Gasteiger partial charge on any atom is -0.480 e. The molecule has 21 heavy (non-hydrogen) atoms. The Kier molecular flexibility index (Phi) is 7.38. The van der Waals surface area contributed by atoms with Crippen LogP contribution in [0.25, 0.3) is 0 Å². The molecule has 0 aliphatic carbocycles. The van der Waals surface area contributed by atoms with E-state index in [9.17, 15) is 9.90 Å². The van der Waals surface area contributed by atoms with E-state index >= 15 is 0 Å². The van der Waals surface area contributed by atoms with Gasteiger partial charge in [0.2, 0.25) is 0 Å². The summed E-state index contributed by atoms with van der Waals surface area (Å²) < 4.78 is 0. The van der Waals surface area contributed by atoms with Gasteiger partial charge < -0.3 is 26.2 Å². The van der Waals surface area contributed by atoms with Crippen molar-refractivity contribution < 1.29 is 19.9 Å². The highest BCUT2D eigenvalue weighted by molar-refractivity contribution is 6.40. The quantitative estimate of drug-likeness (QED) is 0.311. The fraction of sp³-hybridized carbons (Fsp3) is 0.500. The Labute approximate surface area is 125 Å². The van der Waals surface area contributed by atoms with Crippen LogP contribution in [-0.2, 0) is 11.3 Å². The first kappa shape index (κ1) is 17.6. The van der Waals surface area contributed by atoms with Gasteiger partial charge in [-0.15, -0.1) is 0 Å². The minimum absolute atomic E-state index is 0.166. The predicted molar refractivity (Wildman–Crippen MR) is 81.6 cm³/mol. The third kappa shape index (κ3) is 6.72. The number of rotatable bonds is 10. The molecule has 116 valence electrons. The number of carboxylic acids is 1. The lowest BCUT2D eigenvalue weighted by atomic mass is 9.82. The molecule has 6 nitrogen and oxygen atoms in total. The Bertz CT molecular complexity index is 430. The summed E-state index contributed by atoms with van der Waals surface area (Å²) in [5.74, 6) is -1.05. The van der Waals surface area contributed by atoms with Crippen molar-refractivity contribution in [2.24, 2.45) is 5.73 Å². The number of hydrogen-bond acceptors (Lipinski definition) is 5. The molecule has 0 saturated carbocycles. The van der Waals surface area contributed by atoms with E-state index in [0.717, 1.165) is 5.56 Å². The molecule has 0 bridgehead atoms. The fourth-order valence-electron chi connectivity index (χ4n) is 2.06. The van der Waals surface area contributed by atoms with E-state index in [1.165, 1.54) is 0 Å². The Morgan fingerprint density at radius 3 is 2.48 bits per heavy atom. The molecule has 0 amide bonds. The summed E-state index contributed by atoms with van der Waals surface area (Å²) >= 11 is 0. The van der Waals surface area contributed by atoms with Crippen molar-refractivity contribution >= 4 is 13.1 Å². The van der Waals surface area contributed by atoms with E-state index in [4.69, 9.17) is 15.8 Å². The van der Waals surface area contributed by atoms with E-state index in [2.05, 4.69) is 5.32 Å². The highest BCUT2D eigenvalue weighted by atomic mass is 16.4. The van der Waals surface area contributed by atoms with E-state index in [1.54, 1.807) is 0 Å². The molecule has 1 rings (SSSR count). The summed E-state index contributed by atoms with van der Waals surface area (Å²) in [6.45, 7) is 0.724. The maximum atomic E-state index is 11.3. The van der Waals surface area contributed by atoms with Crippen molar-refractivity contribution in [3.8, 4) is 0 Å². The SMILES string of the molecule is NC(CCCCB(O)O)(CNCc1ccccc1)C(=O)O. The predicted octanol–water partition coefficient (Wildman–Crippen LogP) is 0.201. The third-order valence-corrected chi connectivity index (χ3v) is 3.37. The van der Waals surface area contributed by atoms with Crippen LogP contribution in [-0.4, -0.2) is 40.3 Å². The number of carboxylic acid groups (broad SMARTS) is 1. The molecule has 0 saturated heterocycles. The van der Waals surface area contributed by atoms with Gasteiger partial charge in [-0.05, 0) is 18.3 Å². The van der Waals surface area contributed by atoms with Gasteiger partial charge in [0.25, 0.3) is 0 Å². The average molecular weight is 294 g/mol. The second kappa shape index (κ2) is 8.79. The molecule has 7 heteroatoms. The lowest BCUT2D eigenvalue weighted by Gasteiger charge is -2.25. The van der Waals surface area contributed by atoms with Crippen molar-refractivity contribution in [2.45, 2.75) is 37.7 Å². The fourth-order valence-corrected chi connectivity index (χ4v) is 2.06. The molecular weight excluding hydrogens is 271 g/mol. The molecule has 0 aromatic heterocycles. The molecule has 1 atom stereocenters. The van der Waals surface area contributed by atoms with Crippen LogP contribution in [0.4, 0.5) is 0 Å². The summed E-state index contributed by atoms with van der Waals surface area (Å²) in [4.78, 5) is 11.3. The number of unbranched alkanes of at least 4 members (excludes halogenated alkanes) is 1. The van der Waals surface area contributed by atoms with Gasteiger partial charge in [-0.1, -0.05) is 43.2 Å². The number of hydrogen-bond donors (Lipinski definition) is 5. The first-order chi connectivity index (χ1) is 9.94. The molecule has 1 aromatic carbocycles. The van der Waals surface area contributed by atoms with Crippen LogP contribution in [0.1, 0.15) is 24.8 Å². The van der Waals surface area contributed by atoms with Crippen molar-refractivity contribution in [1.82, 2.24) is 5.32 Å². The number of nitrogens with two attached hydrogens (primary N) is 1. The van der Waals surface area contributed by atoms with Crippen molar-refractivity contribution in [3.05, 3.63) is 35.9 Å². The highest BCUT2D eigenvalue weighted by Gasteiger charge is 2.32. The largest absolute Gasteiger partial charge is 0.480 e. The lowest BCUT2D eigenvalue weighted by molar-refractivity contribution is -0.143. The van der Waals surface area contributed by atoms with Crippen LogP contribution in [0.3, 0.4) is 0 Å². The maximum absolute atomic E-state index is 11.3. The molecule has 1 unspecified atom stereocenters. The van der Waals surface area contributed by atoms with Crippen LogP contribution in [0, 0.1) is 0 Å². The van der Waals surface area contributed by atoms with Crippen molar-refractivity contribution in [3.63, 3.8) is 0 Å². The zero-order valence-electron chi connectivity index (χ0n) is 12.0. The second-order valence-corrected chi connectivity index (χ2v) is 5.28. The Balaban J connectivity index is 2.39. The third-order valence-electron chi connectivity index (χ3n) is 3.37. The molecule has 0 fully saturated rings. The van der Waals surface area contributed by atoms with Gasteiger partial charge in [0.1, 0.15) is 5.54 Å². The maximum Gasteiger partial charge on any atom is 0.451 e. The molecule has 0 radical (unpaired) electrons. The van der Waals surface area contributed by atoms with Gasteiger partial charge in [0.05, 0.1) is 0 Å². The molecule has 0 heterocycles. The zero-order chi connectivity index (χ0) is 15.7. The zero-order valence-corrected chi connectivity index (χ0v) is 12.0. The first-order valence-corrected chi connectivity index (χ1v) is 7.07. The average Bonchev–Trinajstić information content (AvgIpc) is 2.44. The standard InChI is InChI=1S/C14H23BN2O4/c16-14(13(18)19,8-4-5-9-15(20)21)11-17-10-12-6-2-1-3-7-12/h1-3,6-7,17,20-21H,4-5,8-11,16H2,(H,18,19). The van der Waals surface area contributed by atoms with Gasteiger partial charge in [-0.3, -0.25) is 4.79 Å². The Morgan fingerprint density at radius 1 is 1.24 bits per heavy atom. The number of benzene rings is 1. The van der Waals surface area contributed by atoms with Gasteiger partial charge >= 0.3 is 13.1 Å². The summed E-state index contributed by atoms with van der Waals surface area (Å²) in [6.07, 6.45) is 1.58. The van der Waals surface area contributed by atoms with Gasteiger partial charge in [0.15, 0.2) is 0 Å². The second-order valence-electron chi connectivity index (χ2n) is 5.28. The Hall–Kier alpha value is -1.41. The minimum atomic E-state index is -1.35. The molecule has 0 spiro atoms. The number of aliphatic carboxylic acids is 1. The van der Waals surface area contributed by atoms with Crippen molar-refractivity contribution in [2.75, 3.05) is 6.54 Å². The number of nitrogens with one attached hydrogen (secondary N) is 1. The first-order valence-electron chi connectivity index (χ1n) is 7.07. The summed E-state index contributed by atoms with van der Waals surface area (Å²) in [6, 6.07) is 9.67. The molecule has 0 aliphatic heterocycles. The lowest BCUT2D eigenvalue weighted by Crippen LogP contribution is -2.55.